The Hall–Kier alpha value is -3.46. The van der Waals surface area contributed by atoms with E-state index in [0.717, 1.165) is 0 Å². The standard InChI is InChI=1S/C18H17ClN4O5/c1-11(17(24)21-13-4-6-14(28-2)7-5-13)18(25)22-20-10-12-3-8-15(19)16(9-12)23(26)27/h3-11H,1-2H3,(H,21,24)(H,22,25). The Kier molecular flexibility index (Phi) is 7.05. The number of halogens is 1. The smallest absolute Gasteiger partial charge is 0.288 e. The summed E-state index contributed by atoms with van der Waals surface area (Å²) in [4.78, 5) is 34.5. The number of benzene rings is 2. The number of carbonyl (C=O) groups is 2. The van der Waals surface area contributed by atoms with Crippen LogP contribution >= 0.6 is 11.6 Å². The summed E-state index contributed by atoms with van der Waals surface area (Å²) in [5, 5.41) is 17.2. The first-order valence-electron chi connectivity index (χ1n) is 8.03. The molecule has 0 fully saturated rings. The van der Waals surface area contributed by atoms with Gasteiger partial charge >= 0.3 is 0 Å². The SMILES string of the molecule is COc1ccc(NC(=O)C(C)C(=O)NN=Cc2ccc(Cl)c([N+](=O)[O-])c2)cc1. The fourth-order valence-electron chi connectivity index (χ4n) is 2.06. The Balaban J connectivity index is 1.94. The van der Waals surface area contributed by atoms with Gasteiger partial charge in [-0.2, -0.15) is 5.10 Å². The minimum absolute atomic E-state index is 0.00462. The van der Waals surface area contributed by atoms with E-state index in [-0.39, 0.29) is 10.7 Å². The van der Waals surface area contributed by atoms with Crippen molar-refractivity contribution in [3.05, 3.63) is 63.2 Å². The van der Waals surface area contributed by atoms with Gasteiger partial charge in [-0.15, -0.1) is 0 Å². The third kappa shape index (κ3) is 5.52. The molecule has 2 aromatic carbocycles. The van der Waals surface area contributed by atoms with Crippen molar-refractivity contribution in [2.45, 2.75) is 6.92 Å². The minimum atomic E-state index is -1.01. The van der Waals surface area contributed by atoms with Gasteiger partial charge in [0.2, 0.25) is 5.91 Å². The number of hydrazone groups is 1. The molecular weight excluding hydrogens is 388 g/mol. The maximum Gasteiger partial charge on any atom is 0.288 e. The van der Waals surface area contributed by atoms with Crippen molar-refractivity contribution in [1.82, 2.24) is 5.43 Å². The van der Waals surface area contributed by atoms with Crippen LogP contribution in [0, 0.1) is 16.0 Å². The van der Waals surface area contributed by atoms with Crippen molar-refractivity contribution in [2.75, 3.05) is 12.4 Å². The summed E-state index contributed by atoms with van der Waals surface area (Å²) in [6.07, 6.45) is 1.22. The monoisotopic (exact) mass is 404 g/mol. The van der Waals surface area contributed by atoms with Gasteiger partial charge in [0.05, 0.1) is 18.2 Å². The van der Waals surface area contributed by atoms with Crippen LogP contribution in [-0.2, 0) is 9.59 Å². The molecule has 0 aromatic heterocycles. The molecule has 2 aromatic rings. The summed E-state index contributed by atoms with van der Waals surface area (Å²) in [6.45, 7) is 1.43. The molecule has 2 rings (SSSR count). The Bertz CT molecular complexity index is 915. The zero-order valence-electron chi connectivity index (χ0n) is 15.0. The Labute approximate surface area is 165 Å². The number of hydrogen-bond donors (Lipinski definition) is 2. The lowest BCUT2D eigenvalue weighted by Gasteiger charge is -2.11. The van der Waals surface area contributed by atoms with E-state index in [4.69, 9.17) is 16.3 Å². The maximum absolute atomic E-state index is 12.2. The molecule has 1 unspecified atom stereocenters. The molecule has 0 radical (unpaired) electrons. The summed E-state index contributed by atoms with van der Waals surface area (Å²) in [5.74, 6) is -1.52. The van der Waals surface area contributed by atoms with Gasteiger partial charge in [0.1, 0.15) is 16.7 Å². The molecule has 0 aliphatic rings. The second-order valence-electron chi connectivity index (χ2n) is 5.64. The van der Waals surface area contributed by atoms with Crippen molar-refractivity contribution in [3.63, 3.8) is 0 Å². The van der Waals surface area contributed by atoms with E-state index in [1.165, 1.54) is 38.4 Å². The van der Waals surface area contributed by atoms with Gasteiger partial charge in [-0.1, -0.05) is 17.7 Å². The molecule has 0 heterocycles. The molecule has 0 saturated heterocycles. The van der Waals surface area contributed by atoms with Crippen LogP contribution in [0.15, 0.2) is 47.6 Å². The maximum atomic E-state index is 12.2. The van der Waals surface area contributed by atoms with Crippen LogP contribution in [0.1, 0.15) is 12.5 Å². The molecule has 0 spiro atoms. The Morgan fingerprint density at radius 1 is 1.21 bits per heavy atom. The van der Waals surface area contributed by atoms with E-state index in [9.17, 15) is 19.7 Å². The molecule has 28 heavy (non-hydrogen) atoms. The summed E-state index contributed by atoms with van der Waals surface area (Å²) >= 11 is 5.73. The van der Waals surface area contributed by atoms with Crippen LogP contribution in [0.3, 0.4) is 0 Å². The number of nitrogens with zero attached hydrogens (tertiary/aromatic N) is 2. The molecule has 2 amide bonds. The molecule has 2 N–H and O–H groups in total. The van der Waals surface area contributed by atoms with E-state index in [1.807, 2.05) is 0 Å². The molecular formula is C18H17ClN4O5. The van der Waals surface area contributed by atoms with Crippen LogP contribution < -0.4 is 15.5 Å². The molecule has 0 aliphatic carbocycles. The molecule has 0 bridgehead atoms. The number of nitrogens with one attached hydrogen (secondary N) is 2. The van der Waals surface area contributed by atoms with Gasteiger partial charge in [-0.25, -0.2) is 5.43 Å². The minimum Gasteiger partial charge on any atom is -0.497 e. The number of amides is 2. The lowest BCUT2D eigenvalue weighted by atomic mass is 10.1. The highest BCUT2D eigenvalue weighted by atomic mass is 35.5. The van der Waals surface area contributed by atoms with E-state index < -0.39 is 22.7 Å². The van der Waals surface area contributed by atoms with Gasteiger partial charge in [-0.05, 0) is 37.3 Å². The van der Waals surface area contributed by atoms with Gasteiger partial charge in [0, 0.05) is 17.3 Å². The highest BCUT2D eigenvalue weighted by Gasteiger charge is 2.21. The molecule has 0 aliphatic heterocycles. The van der Waals surface area contributed by atoms with Crippen molar-refractivity contribution < 1.29 is 19.2 Å². The molecule has 1 atom stereocenters. The van der Waals surface area contributed by atoms with E-state index in [1.54, 1.807) is 24.3 Å². The summed E-state index contributed by atoms with van der Waals surface area (Å²) in [7, 11) is 1.53. The molecule has 9 nitrogen and oxygen atoms in total. The highest BCUT2D eigenvalue weighted by Crippen LogP contribution is 2.24. The molecule has 146 valence electrons. The lowest BCUT2D eigenvalue weighted by molar-refractivity contribution is -0.384. The van der Waals surface area contributed by atoms with Crippen LogP contribution in [-0.4, -0.2) is 30.1 Å². The lowest BCUT2D eigenvalue weighted by Crippen LogP contribution is -2.34. The van der Waals surface area contributed by atoms with Crippen LogP contribution in [0.25, 0.3) is 0 Å². The zero-order chi connectivity index (χ0) is 20.7. The van der Waals surface area contributed by atoms with Gasteiger partial charge < -0.3 is 10.1 Å². The first kappa shape index (κ1) is 20.8. The predicted octanol–water partition coefficient (Wildman–Crippen LogP) is 2.98. The highest BCUT2D eigenvalue weighted by molar-refractivity contribution is 6.32. The average molecular weight is 405 g/mol. The average Bonchev–Trinajstić information content (AvgIpc) is 2.68. The third-order valence-corrected chi connectivity index (χ3v) is 4.02. The first-order chi connectivity index (χ1) is 13.3. The fourth-order valence-corrected chi connectivity index (χ4v) is 2.25. The quantitative estimate of drug-likeness (QED) is 0.318. The van der Waals surface area contributed by atoms with Gasteiger partial charge in [0.15, 0.2) is 0 Å². The van der Waals surface area contributed by atoms with Crippen molar-refractivity contribution in [3.8, 4) is 5.75 Å². The predicted molar refractivity (Wildman–Crippen MR) is 105 cm³/mol. The molecule has 0 saturated carbocycles. The number of methoxy groups -OCH3 is 1. The van der Waals surface area contributed by atoms with Gasteiger partial charge in [0.25, 0.3) is 11.6 Å². The number of anilines is 1. The topological polar surface area (TPSA) is 123 Å². The summed E-state index contributed by atoms with van der Waals surface area (Å²) in [5.41, 5.74) is 2.84. The summed E-state index contributed by atoms with van der Waals surface area (Å²) < 4.78 is 5.03. The number of hydrogen-bond acceptors (Lipinski definition) is 6. The van der Waals surface area contributed by atoms with Crippen LogP contribution in [0.2, 0.25) is 5.02 Å². The third-order valence-electron chi connectivity index (χ3n) is 3.70. The molecule has 10 heteroatoms. The van der Waals surface area contributed by atoms with Crippen LogP contribution in [0.5, 0.6) is 5.75 Å². The second-order valence-corrected chi connectivity index (χ2v) is 6.05. The number of carbonyl (C=O) groups excluding carboxylic acids is 2. The number of nitro benzene ring substituents is 1. The first-order valence-corrected chi connectivity index (χ1v) is 8.41. The van der Waals surface area contributed by atoms with Gasteiger partial charge in [-0.3, -0.25) is 19.7 Å². The van der Waals surface area contributed by atoms with Crippen molar-refractivity contribution in [1.29, 1.82) is 0 Å². The fraction of sp³-hybridized carbons (Fsp3) is 0.167. The van der Waals surface area contributed by atoms with Crippen molar-refractivity contribution >= 4 is 41.0 Å². The Morgan fingerprint density at radius 2 is 1.89 bits per heavy atom. The largest absolute Gasteiger partial charge is 0.497 e. The zero-order valence-corrected chi connectivity index (χ0v) is 15.8. The van der Waals surface area contributed by atoms with E-state index >= 15 is 0 Å². The summed E-state index contributed by atoms with van der Waals surface area (Å²) in [6, 6.07) is 10.7. The van der Waals surface area contributed by atoms with Crippen molar-refractivity contribution in [2.24, 2.45) is 11.0 Å². The normalized spacial score (nSPS) is 11.7. The van der Waals surface area contributed by atoms with Crippen LogP contribution in [0.4, 0.5) is 11.4 Å². The Morgan fingerprint density at radius 3 is 2.50 bits per heavy atom. The number of ether oxygens (including phenoxy) is 1. The second kappa shape index (κ2) is 9.47. The number of rotatable bonds is 7. The van der Waals surface area contributed by atoms with E-state index in [0.29, 0.717) is 17.0 Å². The van der Waals surface area contributed by atoms with E-state index in [2.05, 4.69) is 15.8 Å². The number of nitro groups is 1.